The molecule has 23 heavy (non-hydrogen) atoms. The van der Waals surface area contributed by atoms with E-state index in [9.17, 15) is 9.59 Å². The number of amides is 1. The summed E-state index contributed by atoms with van der Waals surface area (Å²) in [4.78, 5) is 26.0. The topological polar surface area (TPSA) is 64.7 Å². The third kappa shape index (κ3) is 3.53. The van der Waals surface area contributed by atoms with Crippen molar-refractivity contribution in [2.24, 2.45) is 0 Å². The van der Waals surface area contributed by atoms with Gasteiger partial charge in [0.05, 0.1) is 19.3 Å². The number of carbonyl (C=O) groups is 1. The maximum atomic E-state index is 12.5. The van der Waals surface area contributed by atoms with Crippen molar-refractivity contribution < 1.29 is 13.9 Å². The van der Waals surface area contributed by atoms with Crippen LogP contribution in [-0.2, 0) is 11.3 Å². The fourth-order valence-electron chi connectivity index (χ4n) is 2.64. The molecular weight excluding hydrogens is 296 g/mol. The number of hydrogen-bond donors (Lipinski definition) is 0. The lowest BCUT2D eigenvalue weighted by atomic mass is 10.2. The van der Waals surface area contributed by atoms with Gasteiger partial charge in [-0.15, -0.1) is 0 Å². The zero-order valence-corrected chi connectivity index (χ0v) is 13.1. The highest BCUT2D eigenvalue weighted by atomic mass is 16.5. The van der Waals surface area contributed by atoms with Crippen LogP contribution in [0.2, 0.25) is 0 Å². The second-order valence-electron chi connectivity index (χ2n) is 5.58. The van der Waals surface area contributed by atoms with Crippen molar-refractivity contribution in [2.45, 2.75) is 26.0 Å². The first kappa shape index (κ1) is 15.6. The molecule has 0 aliphatic carbocycles. The van der Waals surface area contributed by atoms with Crippen LogP contribution in [0.5, 0.6) is 0 Å². The highest BCUT2D eigenvalue weighted by Gasteiger charge is 2.25. The molecule has 3 rings (SSSR count). The van der Waals surface area contributed by atoms with E-state index in [-0.39, 0.29) is 17.6 Å². The summed E-state index contributed by atoms with van der Waals surface area (Å²) in [5.41, 5.74) is -0.101. The van der Waals surface area contributed by atoms with E-state index in [2.05, 4.69) is 0 Å². The summed E-state index contributed by atoms with van der Waals surface area (Å²) >= 11 is 0. The first-order valence-corrected chi connectivity index (χ1v) is 7.82. The third-order valence-corrected chi connectivity index (χ3v) is 3.98. The Labute approximate surface area is 134 Å². The largest absolute Gasteiger partial charge is 0.454 e. The number of nitrogens with zero attached hydrogens (tertiary/aromatic N) is 2. The van der Waals surface area contributed by atoms with Crippen LogP contribution in [-0.4, -0.2) is 41.2 Å². The molecule has 1 aliphatic heterocycles. The van der Waals surface area contributed by atoms with Crippen molar-refractivity contribution in [3.63, 3.8) is 0 Å². The van der Waals surface area contributed by atoms with Gasteiger partial charge in [0.1, 0.15) is 5.76 Å². The minimum atomic E-state index is -0.126. The van der Waals surface area contributed by atoms with Crippen LogP contribution in [0, 0.1) is 0 Å². The molecule has 1 unspecified atom stereocenters. The lowest BCUT2D eigenvalue weighted by molar-refractivity contribution is -0.0236. The van der Waals surface area contributed by atoms with Crippen LogP contribution in [0.1, 0.15) is 29.7 Å². The van der Waals surface area contributed by atoms with Crippen LogP contribution < -0.4 is 5.56 Å². The second kappa shape index (κ2) is 6.83. The molecule has 0 spiro atoms. The van der Waals surface area contributed by atoms with E-state index < -0.39 is 0 Å². The maximum absolute atomic E-state index is 12.5. The van der Waals surface area contributed by atoms with Gasteiger partial charge >= 0.3 is 0 Å². The Balaban J connectivity index is 1.70. The van der Waals surface area contributed by atoms with E-state index >= 15 is 0 Å². The zero-order chi connectivity index (χ0) is 16.2. The van der Waals surface area contributed by atoms with Gasteiger partial charge in [0.25, 0.3) is 11.5 Å². The molecule has 6 heteroatoms. The number of aromatic nitrogens is 1. The van der Waals surface area contributed by atoms with E-state index in [4.69, 9.17) is 9.15 Å². The fraction of sp³-hybridized carbons (Fsp3) is 0.412. The van der Waals surface area contributed by atoms with Gasteiger partial charge in [-0.25, -0.2) is 0 Å². The van der Waals surface area contributed by atoms with Gasteiger partial charge in [-0.1, -0.05) is 13.0 Å². The number of morpholine rings is 1. The Morgan fingerprint density at radius 3 is 2.96 bits per heavy atom. The van der Waals surface area contributed by atoms with E-state index in [1.54, 1.807) is 35.4 Å². The molecule has 0 saturated carbocycles. The molecule has 0 radical (unpaired) electrons. The predicted molar refractivity (Wildman–Crippen MR) is 84.4 cm³/mol. The van der Waals surface area contributed by atoms with Gasteiger partial charge in [-0.2, -0.15) is 0 Å². The molecular formula is C17H20N2O4. The summed E-state index contributed by atoms with van der Waals surface area (Å²) in [6.45, 7) is 4.07. The van der Waals surface area contributed by atoms with Gasteiger partial charge < -0.3 is 18.6 Å². The number of carbonyl (C=O) groups excluding carboxylic acids is 1. The lowest BCUT2D eigenvalue weighted by Crippen LogP contribution is -2.45. The molecule has 1 amide bonds. The monoisotopic (exact) mass is 316 g/mol. The van der Waals surface area contributed by atoms with Crippen LogP contribution in [0.3, 0.4) is 0 Å². The van der Waals surface area contributed by atoms with E-state index in [1.807, 2.05) is 6.92 Å². The molecule has 6 nitrogen and oxygen atoms in total. The average molecular weight is 316 g/mol. The molecule has 0 aromatic carbocycles. The Bertz CT molecular complexity index is 734. The quantitative estimate of drug-likeness (QED) is 0.862. The molecule has 0 bridgehead atoms. The van der Waals surface area contributed by atoms with E-state index in [0.29, 0.717) is 37.8 Å². The van der Waals surface area contributed by atoms with Gasteiger partial charge in [0.15, 0.2) is 5.76 Å². The van der Waals surface area contributed by atoms with Gasteiger partial charge in [0, 0.05) is 25.4 Å². The SMILES string of the molecule is CCC1CN(C(=O)c2ccc(Cn3ccccc3=O)o2)CCO1. The highest BCUT2D eigenvalue weighted by Crippen LogP contribution is 2.15. The Morgan fingerprint density at radius 2 is 2.17 bits per heavy atom. The van der Waals surface area contributed by atoms with E-state index in [1.165, 1.54) is 10.6 Å². The summed E-state index contributed by atoms with van der Waals surface area (Å²) in [6.07, 6.45) is 2.66. The first-order valence-electron chi connectivity index (χ1n) is 7.82. The fourth-order valence-corrected chi connectivity index (χ4v) is 2.64. The Hall–Kier alpha value is -2.34. The standard InChI is InChI=1S/C17H20N2O4/c1-2-13-11-19(9-10-22-13)17(21)15-7-6-14(23-15)12-18-8-4-3-5-16(18)20/h3-8,13H,2,9-12H2,1H3. The normalized spacial score (nSPS) is 18.1. The lowest BCUT2D eigenvalue weighted by Gasteiger charge is -2.31. The Morgan fingerprint density at radius 1 is 1.30 bits per heavy atom. The summed E-state index contributed by atoms with van der Waals surface area (Å²) in [5.74, 6) is 0.765. The molecule has 122 valence electrons. The number of hydrogen-bond acceptors (Lipinski definition) is 4. The minimum absolute atomic E-state index is 0.0880. The van der Waals surface area contributed by atoms with Crippen molar-refractivity contribution in [3.8, 4) is 0 Å². The Kier molecular flexibility index (Phi) is 4.62. The number of rotatable bonds is 4. The molecule has 2 aromatic heterocycles. The number of ether oxygens (including phenoxy) is 1. The third-order valence-electron chi connectivity index (χ3n) is 3.98. The molecule has 2 aromatic rings. The van der Waals surface area contributed by atoms with Gasteiger partial charge in [-0.05, 0) is 24.6 Å². The smallest absolute Gasteiger partial charge is 0.289 e. The maximum Gasteiger partial charge on any atom is 0.289 e. The highest BCUT2D eigenvalue weighted by molar-refractivity contribution is 5.91. The van der Waals surface area contributed by atoms with Gasteiger partial charge in [-0.3, -0.25) is 9.59 Å². The first-order chi connectivity index (χ1) is 11.2. The van der Waals surface area contributed by atoms with E-state index in [0.717, 1.165) is 6.42 Å². The minimum Gasteiger partial charge on any atom is -0.454 e. The molecule has 1 atom stereocenters. The van der Waals surface area contributed by atoms with Crippen molar-refractivity contribution in [3.05, 3.63) is 58.4 Å². The molecule has 3 heterocycles. The number of furan rings is 1. The van der Waals surface area contributed by atoms with Crippen molar-refractivity contribution in [1.29, 1.82) is 0 Å². The zero-order valence-electron chi connectivity index (χ0n) is 13.1. The summed E-state index contributed by atoms with van der Waals surface area (Å²) in [7, 11) is 0. The van der Waals surface area contributed by atoms with Crippen LogP contribution in [0.4, 0.5) is 0 Å². The van der Waals surface area contributed by atoms with Crippen molar-refractivity contribution in [1.82, 2.24) is 9.47 Å². The molecule has 1 saturated heterocycles. The summed E-state index contributed by atoms with van der Waals surface area (Å²) in [5, 5.41) is 0. The molecule has 0 N–H and O–H groups in total. The average Bonchev–Trinajstić information content (AvgIpc) is 3.05. The predicted octanol–water partition coefficient (Wildman–Crippen LogP) is 1.74. The molecule has 1 aliphatic rings. The van der Waals surface area contributed by atoms with Crippen molar-refractivity contribution in [2.75, 3.05) is 19.7 Å². The summed E-state index contributed by atoms with van der Waals surface area (Å²) in [6, 6.07) is 8.38. The van der Waals surface area contributed by atoms with Gasteiger partial charge in [0.2, 0.25) is 0 Å². The van der Waals surface area contributed by atoms with Crippen LogP contribution >= 0.6 is 0 Å². The van der Waals surface area contributed by atoms with Crippen LogP contribution in [0.15, 0.2) is 45.7 Å². The summed E-state index contributed by atoms with van der Waals surface area (Å²) < 4.78 is 12.7. The second-order valence-corrected chi connectivity index (χ2v) is 5.58. The van der Waals surface area contributed by atoms with Crippen molar-refractivity contribution >= 4 is 5.91 Å². The number of pyridine rings is 1. The molecule has 1 fully saturated rings. The van der Waals surface area contributed by atoms with Crippen LogP contribution in [0.25, 0.3) is 0 Å².